The van der Waals surface area contributed by atoms with Crippen molar-refractivity contribution >= 4 is 17.9 Å². The molecular weight excluding hydrogens is 297 g/mol. The third-order valence-corrected chi connectivity index (χ3v) is 3.40. The summed E-state index contributed by atoms with van der Waals surface area (Å²) in [7, 11) is 1.48. The van der Waals surface area contributed by atoms with Crippen molar-refractivity contribution in [2.75, 3.05) is 7.11 Å². The molecule has 1 aliphatic rings. The van der Waals surface area contributed by atoms with Crippen LogP contribution in [0.25, 0.3) is 6.08 Å². The number of rotatable bonds is 3. The van der Waals surface area contributed by atoms with Gasteiger partial charge in [-0.1, -0.05) is 17.7 Å². The van der Waals surface area contributed by atoms with Gasteiger partial charge < -0.3 is 9.47 Å². The van der Waals surface area contributed by atoms with Gasteiger partial charge in [0.15, 0.2) is 5.70 Å². The van der Waals surface area contributed by atoms with E-state index in [1.54, 1.807) is 0 Å². The molecule has 1 heterocycles. The zero-order valence-corrected chi connectivity index (χ0v) is 12.7. The van der Waals surface area contributed by atoms with Crippen LogP contribution >= 0.6 is 0 Å². The second-order valence-electron chi connectivity index (χ2n) is 5.09. The van der Waals surface area contributed by atoms with Crippen molar-refractivity contribution in [3.8, 4) is 5.75 Å². The first-order chi connectivity index (χ1) is 11.1. The number of carbonyl (C=O) groups is 1. The van der Waals surface area contributed by atoms with Gasteiger partial charge in [-0.25, -0.2) is 14.2 Å². The number of methoxy groups -OCH3 is 1. The molecule has 3 rings (SSSR count). The molecular formula is C18H14FNO3. The molecule has 0 spiro atoms. The lowest BCUT2D eigenvalue weighted by molar-refractivity contribution is -0.129. The minimum atomic E-state index is -0.577. The molecule has 0 saturated heterocycles. The van der Waals surface area contributed by atoms with E-state index < -0.39 is 11.8 Å². The first kappa shape index (κ1) is 15.0. The number of hydrogen-bond donors (Lipinski definition) is 0. The van der Waals surface area contributed by atoms with Gasteiger partial charge in [0, 0.05) is 11.1 Å². The molecule has 0 unspecified atom stereocenters. The lowest BCUT2D eigenvalue weighted by Crippen LogP contribution is -2.05. The van der Waals surface area contributed by atoms with Gasteiger partial charge in [-0.15, -0.1) is 0 Å². The van der Waals surface area contributed by atoms with Crippen LogP contribution in [0.4, 0.5) is 4.39 Å². The first-order valence-electron chi connectivity index (χ1n) is 7.00. The van der Waals surface area contributed by atoms with Gasteiger partial charge in [-0.3, -0.25) is 0 Å². The number of carbonyl (C=O) groups excluding carboxylic acids is 1. The van der Waals surface area contributed by atoms with Crippen molar-refractivity contribution in [1.82, 2.24) is 0 Å². The van der Waals surface area contributed by atoms with Gasteiger partial charge in [0.25, 0.3) is 0 Å². The Balaban J connectivity index is 1.98. The van der Waals surface area contributed by atoms with Gasteiger partial charge in [-0.05, 0) is 43.3 Å². The Bertz CT molecular complexity index is 823. The van der Waals surface area contributed by atoms with Crippen LogP contribution in [0, 0.1) is 12.7 Å². The van der Waals surface area contributed by atoms with Crippen LogP contribution in [0.2, 0.25) is 0 Å². The van der Waals surface area contributed by atoms with Crippen LogP contribution in [0.5, 0.6) is 5.75 Å². The fourth-order valence-corrected chi connectivity index (χ4v) is 2.19. The van der Waals surface area contributed by atoms with Gasteiger partial charge in [0.2, 0.25) is 5.90 Å². The Hall–Kier alpha value is -2.95. The van der Waals surface area contributed by atoms with Crippen molar-refractivity contribution in [3.63, 3.8) is 0 Å². The summed E-state index contributed by atoms with van der Waals surface area (Å²) in [5.74, 6) is -0.319. The Morgan fingerprint density at radius 3 is 2.61 bits per heavy atom. The van der Waals surface area contributed by atoms with E-state index in [-0.39, 0.29) is 11.6 Å². The van der Waals surface area contributed by atoms with Crippen LogP contribution in [0.1, 0.15) is 16.7 Å². The van der Waals surface area contributed by atoms with Gasteiger partial charge >= 0.3 is 5.97 Å². The number of benzene rings is 2. The number of halogens is 1. The topological polar surface area (TPSA) is 47.9 Å². The monoisotopic (exact) mass is 311 g/mol. The van der Waals surface area contributed by atoms with E-state index in [0.29, 0.717) is 16.9 Å². The maximum Gasteiger partial charge on any atom is 0.363 e. The van der Waals surface area contributed by atoms with Gasteiger partial charge in [0.1, 0.15) is 11.6 Å². The number of cyclic esters (lactones) is 1. The molecule has 0 amide bonds. The molecule has 0 fully saturated rings. The summed E-state index contributed by atoms with van der Waals surface area (Å²) in [6.07, 6.45) is 1.45. The van der Waals surface area contributed by atoms with E-state index in [0.717, 1.165) is 5.56 Å². The molecule has 5 heteroatoms. The summed E-state index contributed by atoms with van der Waals surface area (Å²) in [5, 5.41) is 0. The Morgan fingerprint density at radius 2 is 1.91 bits per heavy atom. The predicted octanol–water partition coefficient (Wildman–Crippen LogP) is 3.49. The van der Waals surface area contributed by atoms with Crippen LogP contribution in [0.15, 0.2) is 53.2 Å². The number of hydrogen-bond acceptors (Lipinski definition) is 4. The van der Waals surface area contributed by atoms with Crippen molar-refractivity contribution in [1.29, 1.82) is 0 Å². The molecule has 23 heavy (non-hydrogen) atoms. The van der Waals surface area contributed by atoms with E-state index >= 15 is 0 Å². The highest BCUT2D eigenvalue weighted by atomic mass is 19.1. The molecule has 116 valence electrons. The van der Waals surface area contributed by atoms with Crippen LogP contribution in [-0.4, -0.2) is 19.0 Å². The SMILES string of the molecule is COc1ccc(F)cc1/C=C1/N=C(c2ccc(C)cc2)OC1=O. The van der Waals surface area contributed by atoms with Crippen LogP contribution in [-0.2, 0) is 9.53 Å². The molecule has 0 atom stereocenters. The van der Waals surface area contributed by atoms with Crippen molar-refractivity contribution in [2.24, 2.45) is 4.99 Å². The minimum Gasteiger partial charge on any atom is -0.496 e. The quantitative estimate of drug-likeness (QED) is 0.644. The Labute approximate surface area is 132 Å². The maximum atomic E-state index is 13.4. The highest BCUT2D eigenvalue weighted by Gasteiger charge is 2.24. The Kier molecular flexibility index (Phi) is 3.93. The van der Waals surface area contributed by atoms with Crippen LogP contribution < -0.4 is 4.74 Å². The second-order valence-corrected chi connectivity index (χ2v) is 5.09. The fraction of sp³-hybridized carbons (Fsp3) is 0.111. The second kappa shape index (κ2) is 6.04. The lowest BCUT2D eigenvalue weighted by Gasteiger charge is -2.04. The van der Waals surface area contributed by atoms with E-state index in [1.807, 2.05) is 31.2 Å². The zero-order chi connectivity index (χ0) is 16.4. The third kappa shape index (κ3) is 3.13. The normalized spacial score (nSPS) is 15.5. The molecule has 0 N–H and O–H groups in total. The third-order valence-electron chi connectivity index (χ3n) is 3.40. The van der Waals surface area contributed by atoms with E-state index in [1.165, 1.54) is 31.4 Å². The standard InChI is InChI=1S/C18H14FNO3/c1-11-3-5-12(6-4-11)17-20-15(18(21)23-17)10-13-9-14(19)7-8-16(13)22-2/h3-10H,1-2H3/b15-10+. The molecule has 1 aliphatic heterocycles. The molecule has 0 bridgehead atoms. The fourth-order valence-electron chi connectivity index (χ4n) is 2.19. The lowest BCUT2D eigenvalue weighted by atomic mass is 10.1. The molecule has 0 aromatic heterocycles. The molecule has 2 aromatic rings. The average molecular weight is 311 g/mol. The van der Waals surface area contributed by atoms with E-state index in [2.05, 4.69) is 4.99 Å². The first-order valence-corrected chi connectivity index (χ1v) is 7.00. The summed E-state index contributed by atoms with van der Waals surface area (Å²) in [6.45, 7) is 1.97. The number of ether oxygens (including phenoxy) is 2. The molecule has 0 saturated carbocycles. The van der Waals surface area contributed by atoms with E-state index in [9.17, 15) is 9.18 Å². The molecule has 0 aliphatic carbocycles. The smallest absolute Gasteiger partial charge is 0.363 e. The van der Waals surface area contributed by atoms with Gasteiger partial charge in [-0.2, -0.15) is 0 Å². The van der Waals surface area contributed by atoms with Crippen molar-refractivity contribution < 1.29 is 18.7 Å². The van der Waals surface area contributed by atoms with Crippen molar-refractivity contribution in [3.05, 3.63) is 70.7 Å². The molecule has 0 radical (unpaired) electrons. The summed E-state index contributed by atoms with van der Waals surface area (Å²) < 4.78 is 23.7. The highest BCUT2D eigenvalue weighted by molar-refractivity contribution is 6.12. The average Bonchev–Trinajstić information content (AvgIpc) is 2.89. The largest absolute Gasteiger partial charge is 0.496 e. The van der Waals surface area contributed by atoms with Crippen molar-refractivity contribution in [2.45, 2.75) is 6.92 Å². The summed E-state index contributed by atoms with van der Waals surface area (Å²) in [5.41, 5.74) is 2.33. The maximum absolute atomic E-state index is 13.4. The summed E-state index contributed by atoms with van der Waals surface area (Å²) >= 11 is 0. The summed E-state index contributed by atoms with van der Waals surface area (Å²) in [4.78, 5) is 16.2. The predicted molar refractivity (Wildman–Crippen MR) is 84.7 cm³/mol. The molecule has 2 aromatic carbocycles. The number of esters is 1. The van der Waals surface area contributed by atoms with E-state index in [4.69, 9.17) is 9.47 Å². The number of aryl methyl sites for hydroxylation is 1. The van der Waals surface area contributed by atoms with Gasteiger partial charge in [0.05, 0.1) is 7.11 Å². The van der Waals surface area contributed by atoms with Crippen LogP contribution in [0.3, 0.4) is 0 Å². The Morgan fingerprint density at radius 1 is 1.17 bits per heavy atom. The molecule has 4 nitrogen and oxygen atoms in total. The minimum absolute atomic E-state index is 0.101. The number of aliphatic imine (C=N–C) groups is 1. The number of nitrogens with zero attached hydrogens (tertiary/aromatic N) is 1. The zero-order valence-electron chi connectivity index (χ0n) is 12.7. The summed E-state index contributed by atoms with van der Waals surface area (Å²) in [6, 6.07) is 11.5. The highest BCUT2D eigenvalue weighted by Crippen LogP contribution is 2.25.